The molecule has 0 spiro atoms. The summed E-state index contributed by atoms with van der Waals surface area (Å²) in [6.45, 7) is 5.85. The minimum atomic E-state index is 0.712. The highest BCUT2D eigenvalue weighted by atomic mass is 15.2. The van der Waals surface area contributed by atoms with Crippen LogP contribution >= 0.6 is 0 Å². The van der Waals surface area contributed by atoms with Gasteiger partial charge in [-0.2, -0.15) is 5.26 Å². The van der Waals surface area contributed by atoms with Gasteiger partial charge in [-0.1, -0.05) is 0 Å². The Labute approximate surface area is 95.9 Å². The van der Waals surface area contributed by atoms with E-state index < -0.39 is 0 Å². The van der Waals surface area contributed by atoms with Crippen LogP contribution in [-0.2, 0) is 0 Å². The van der Waals surface area contributed by atoms with Crippen molar-refractivity contribution in [3.8, 4) is 6.07 Å². The molecular formula is C12H16N4. The lowest BCUT2D eigenvalue weighted by atomic mass is 10.1. The summed E-state index contributed by atoms with van der Waals surface area (Å²) >= 11 is 0. The standard InChI is InChI=1S/C12H16N4/c1-10-3-5-15-12(11(10)9-13)16-7-2-4-14-6-8-16/h3,5,14H,2,4,6-8H2,1H3. The highest BCUT2D eigenvalue weighted by Crippen LogP contribution is 2.20. The first-order valence-corrected chi connectivity index (χ1v) is 5.64. The molecule has 0 amide bonds. The number of nitrogens with one attached hydrogen (secondary N) is 1. The van der Waals surface area contributed by atoms with E-state index >= 15 is 0 Å². The fourth-order valence-corrected chi connectivity index (χ4v) is 1.98. The molecule has 1 aromatic rings. The van der Waals surface area contributed by atoms with E-state index in [1.165, 1.54) is 0 Å². The molecule has 0 saturated carbocycles. The Morgan fingerprint density at radius 2 is 2.31 bits per heavy atom. The number of aromatic nitrogens is 1. The molecule has 0 aliphatic carbocycles. The summed E-state index contributed by atoms with van der Waals surface area (Å²) in [6.07, 6.45) is 2.88. The van der Waals surface area contributed by atoms with E-state index in [1.54, 1.807) is 6.20 Å². The van der Waals surface area contributed by atoms with Crippen molar-refractivity contribution in [2.45, 2.75) is 13.3 Å². The first-order valence-electron chi connectivity index (χ1n) is 5.64. The average molecular weight is 216 g/mol. The molecule has 0 aromatic carbocycles. The molecule has 4 heteroatoms. The molecule has 2 rings (SSSR count). The van der Waals surface area contributed by atoms with Gasteiger partial charge >= 0.3 is 0 Å². The van der Waals surface area contributed by atoms with E-state index in [4.69, 9.17) is 5.26 Å². The second-order valence-corrected chi connectivity index (χ2v) is 4.03. The highest BCUT2D eigenvalue weighted by molar-refractivity contribution is 5.57. The Kier molecular flexibility index (Phi) is 3.37. The van der Waals surface area contributed by atoms with Gasteiger partial charge in [0.15, 0.2) is 0 Å². The van der Waals surface area contributed by atoms with Crippen LogP contribution in [0.4, 0.5) is 5.82 Å². The Balaban J connectivity index is 2.31. The maximum absolute atomic E-state index is 9.17. The van der Waals surface area contributed by atoms with Crippen LogP contribution in [-0.4, -0.2) is 31.2 Å². The van der Waals surface area contributed by atoms with E-state index in [0.717, 1.165) is 44.0 Å². The van der Waals surface area contributed by atoms with Gasteiger partial charge in [-0.25, -0.2) is 4.98 Å². The fraction of sp³-hybridized carbons (Fsp3) is 0.500. The van der Waals surface area contributed by atoms with E-state index in [-0.39, 0.29) is 0 Å². The zero-order chi connectivity index (χ0) is 11.4. The normalized spacial score (nSPS) is 16.6. The van der Waals surface area contributed by atoms with Gasteiger partial charge in [0.1, 0.15) is 11.9 Å². The van der Waals surface area contributed by atoms with Gasteiger partial charge < -0.3 is 10.2 Å². The fourth-order valence-electron chi connectivity index (χ4n) is 1.98. The third kappa shape index (κ3) is 2.15. The SMILES string of the molecule is Cc1ccnc(N2CCCNCC2)c1C#N. The van der Waals surface area contributed by atoms with Gasteiger partial charge in [0, 0.05) is 25.8 Å². The topological polar surface area (TPSA) is 52.0 Å². The summed E-state index contributed by atoms with van der Waals surface area (Å²) in [6, 6.07) is 4.14. The van der Waals surface area contributed by atoms with E-state index in [0.29, 0.717) is 5.56 Å². The van der Waals surface area contributed by atoms with Crippen molar-refractivity contribution < 1.29 is 0 Å². The van der Waals surface area contributed by atoms with Crippen LogP contribution < -0.4 is 10.2 Å². The Bertz CT molecular complexity index is 400. The summed E-state index contributed by atoms with van der Waals surface area (Å²) in [4.78, 5) is 6.55. The number of pyridine rings is 1. The van der Waals surface area contributed by atoms with Gasteiger partial charge in [-0.3, -0.25) is 0 Å². The molecule has 0 bridgehead atoms. The van der Waals surface area contributed by atoms with Gasteiger partial charge in [0.05, 0.1) is 5.56 Å². The van der Waals surface area contributed by atoms with Gasteiger partial charge in [-0.05, 0) is 31.5 Å². The van der Waals surface area contributed by atoms with E-state index in [9.17, 15) is 0 Å². The molecule has 0 unspecified atom stereocenters. The molecule has 1 aliphatic heterocycles. The van der Waals surface area contributed by atoms with Crippen LogP contribution in [0.1, 0.15) is 17.5 Å². The number of nitriles is 1. The second kappa shape index (κ2) is 4.95. The average Bonchev–Trinajstić information content (AvgIpc) is 2.57. The summed E-state index contributed by atoms with van der Waals surface area (Å²) < 4.78 is 0. The van der Waals surface area contributed by atoms with Crippen LogP contribution in [0.25, 0.3) is 0 Å². The number of hydrogen-bond acceptors (Lipinski definition) is 4. The first-order chi connectivity index (χ1) is 7.83. The lowest BCUT2D eigenvalue weighted by Crippen LogP contribution is -2.29. The first kappa shape index (κ1) is 10.9. The molecule has 1 fully saturated rings. The molecule has 2 heterocycles. The lowest BCUT2D eigenvalue weighted by molar-refractivity contribution is 0.724. The highest BCUT2D eigenvalue weighted by Gasteiger charge is 2.15. The zero-order valence-corrected chi connectivity index (χ0v) is 9.53. The quantitative estimate of drug-likeness (QED) is 0.762. The summed E-state index contributed by atoms with van der Waals surface area (Å²) in [5.41, 5.74) is 1.72. The van der Waals surface area contributed by atoms with Gasteiger partial charge in [0.2, 0.25) is 0 Å². The molecule has 16 heavy (non-hydrogen) atoms. The van der Waals surface area contributed by atoms with E-state index in [1.807, 2.05) is 13.0 Å². The summed E-state index contributed by atoms with van der Waals surface area (Å²) in [5.74, 6) is 0.839. The second-order valence-electron chi connectivity index (χ2n) is 4.03. The molecule has 0 radical (unpaired) electrons. The van der Waals surface area contributed by atoms with Crippen LogP contribution in [0.5, 0.6) is 0 Å². The van der Waals surface area contributed by atoms with Crippen molar-refractivity contribution >= 4 is 5.82 Å². The van der Waals surface area contributed by atoms with Crippen LogP contribution in [0.2, 0.25) is 0 Å². The van der Waals surface area contributed by atoms with Crippen molar-refractivity contribution in [1.82, 2.24) is 10.3 Å². The molecular weight excluding hydrogens is 200 g/mol. The van der Waals surface area contributed by atoms with Crippen LogP contribution in [0.15, 0.2) is 12.3 Å². The Hall–Kier alpha value is -1.60. The molecule has 1 N–H and O–H groups in total. The largest absolute Gasteiger partial charge is 0.354 e. The maximum Gasteiger partial charge on any atom is 0.146 e. The third-order valence-electron chi connectivity index (χ3n) is 2.89. The number of hydrogen-bond donors (Lipinski definition) is 1. The monoisotopic (exact) mass is 216 g/mol. The Morgan fingerprint density at radius 3 is 3.12 bits per heavy atom. The van der Waals surface area contributed by atoms with Crippen LogP contribution in [0, 0.1) is 18.3 Å². The van der Waals surface area contributed by atoms with Crippen molar-refractivity contribution in [2.75, 3.05) is 31.1 Å². The number of rotatable bonds is 1. The van der Waals surface area contributed by atoms with Crippen molar-refractivity contribution in [3.05, 3.63) is 23.4 Å². The molecule has 1 aromatic heterocycles. The summed E-state index contributed by atoms with van der Waals surface area (Å²) in [5, 5.41) is 12.5. The van der Waals surface area contributed by atoms with E-state index in [2.05, 4.69) is 21.3 Å². The lowest BCUT2D eigenvalue weighted by Gasteiger charge is -2.22. The van der Waals surface area contributed by atoms with Gasteiger partial charge in [-0.15, -0.1) is 0 Å². The maximum atomic E-state index is 9.17. The molecule has 84 valence electrons. The van der Waals surface area contributed by atoms with Crippen molar-refractivity contribution in [2.24, 2.45) is 0 Å². The van der Waals surface area contributed by atoms with Crippen molar-refractivity contribution in [1.29, 1.82) is 5.26 Å². The van der Waals surface area contributed by atoms with Crippen molar-refractivity contribution in [3.63, 3.8) is 0 Å². The molecule has 1 saturated heterocycles. The minimum Gasteiger partial charge on any atom is -0.354 e. The molecule has 1 aliphatic rings. The van der Waals surface area contributed by atoms with Crippen LogP contribution in [0.3, 0.4) is 0 Å². The molecule has 0 atom stereocenters. The number of anilines is 1. The predicted octanol–water partition coefficient (Wildman–Crippen LogP) is 1.06. The smallest absolute Gasteiger partial charge is 0.146 e. The summed E-state index contributed by atoms with van der Waals surface area (Å²) in [7, 11) is 0. The van der Waals surface area contributed by atoms with Gasteiger partial charge in [0.25, 0.3) is 0 Å². The number of nitrogens with zero attached hydrogens (tertiary/aromatic N) is 3. The Morgan fingerprint density at radius 1 is 1.44 bits per heavy atom. The molecule has 4 nitrogen and oxygen atoms in total. The minimum absolute atomic E-state index is 0.712. The third-order valence-corrected chi connectivity index (χ3v) is 2.89. The predicted molar refractivity (Wildman–Crippen MR) is 63.4 cm³/mol. The number of aryl methyl sites for hydroxylation is 1. The zero-order valence-electron chi connectivity index (χ0n) is 9.53.